The molecule has 0 aliphatic carbocycles. The van der Waals surface area contributed by atoms with Crippen molar-refractivity contribution in [3.8, 4) is 0 Å². The number of nitrogens with one attached hydrogen (secondary N) is 1. The Morgan fingerprint density at radius 3 is 2.54 bits per heavy atom. The Morgan fingerprint density at radius 1 is 1.12 bits per heavy atom. The highest BCUT2D eigenvalue weighted by Crippen LogP contribution is 2.21. The maximum absolute atomic E-state index is 12.3. The molecule has 0 heterocycles. The van der Waals surface area contributed by atoms with Gasteiger partial charge in [-0.05, 0) is 56.4 Å². The zero-order chi connectivity index (χ0) is 17.7. The zero-order valence-corrected chi connectivity index (χ0v) is 15.1. The van der Waals surface area contributed by atoms with Crippen LogP contribution in [0.5, 0.6) is 0 Å². The molecular weight excluding hydrogens is 322 g/mol. The molecule has 24 heavy (non-hydrogen) atoms. The predicted molar refractivity (Wildman–Crippen MR) is 97.6 cm³/mol. The fourth-order valence-corrected chi connectivity index (χ4v) is 2.78. The van der Waals surface area contributed by atoms with Crippen LogP contribution in [0.1, 0.15) is 28.4 Å². The average Bonchev–Trinajstić information content (AvgIpc) is 2.57. The van der Waals surface area contributed by atoms with Gasteiger partial charge in [-0.1, -0.05) is 24.3 Å². The molecule has 2 rings (SSSR count). The average molecular weight is 343 g/mol. The van der Waals surface area contributed by atoms with Gasteiger partial charge in [-0.15, -0.1) is 11.8 Å². The second kappa shape index (κ2) is 8.02. The smallest absolute Gasteiger partial charge is 0.340 e. The third-order valence-electron chi connectivity index (χ3n) is 3.63. The van der Waals surface area contributed by atoms with E-state index in [-0.39, 0.29) is 5.91 Å². The van der Waals surface area contributed by atoms with Crippen LogP contribution in [0.3, 0.4) is 0 Å². The highest BCUT2D eigenvalue weighted by molar-refractivity contribution is 7.98. The number of anilines is 1. The van der Waals surface area contributed by atoms with E-state index in [1.807, 2.05) is 50.4 Å². The summed E-state index contributed by atoms with van der Waals surface area (Å²) in [5, 5.41) is 2.81. The van der Waals surface area contributed by atoms with Gasteiger partial charge in [-0.3, -0.25) is 4.79 Å². The molecule has 1 N–H and O–H groups in total. The molecule has 0 unspecified atom stereocenters. The second-order valence-corrected chi connectivity index (χ2v) is 6.40. The zero-order valence-electron chi connectivity index (χ0n) is 14.3. The van der Waals surface area contributed by atoms with Crippen molar-refractivity contribution in [2.24, 2.45) is 0 Å². The minimum Gasteiger partial charge on any atom is -0.449 e. The molecule has 0 saturated carbocycles. The molecule has 1 atom stereocenters. The highest BCUT2D eigenvalue weighted by Gasteiger charge is 2.21. The summed E-state index contributed by atoms with van der Waals surface area (Å²) in [6.07, 6.45) is 1.01. The van der Waals surface area contributed by atoms with Gasteiger partial charge >= 0.3 is 5.97 Å². The quantitative estimate of drug-likeness (QED) is 0.653. The minimum absolute atomic E-state index is 0.348. The molecule has 126 valence electrons. The summed E-state index contributed by atoms with van der Waals surface area (Å²) >= 11 is 1.46. The van der Waals surface area contributed by atoms with Gasteiger partial charge in [0.2, 0.25) is 0 Å². The molecular formula is C19H21NO3S. The molecule has 4 nitrogen and oxygen atoms in total. The summed E-state index contributed by atoms with van der Waals surface area (Å²) < 4.78 is 5.32. The van der Waals surface area contributed by atoms with Crippen LogP contribution in [0.25, 0.3) is 0 Å². The Morgan fingerprint density at radius 2 is 1.83 bits per heavy atom. The fraction of sp³-hybridized carbons (Fsp3) is 0.263. The third kappa shape index (κ3) is 4.38. The van der Waals surface area contributed by atoms with E-state index in [2.05, 4.69) is 5.32 Å². The van der Waals surface area contributed by atoms with Gasteiger partial charge in [0.15, 0.2) is 6.10 Å². The summed E-state index contributed by atoms with van der Waals surface area (Å²) in [6.45, 7) is 5.44. The first-order valence-corrected chi connectivity index (χ1v) is 8.87. The first-order valence-electron chi connectivity index (χ1n) is 7.64. The number of ether oxygens (including phenoxy) is 1. The number of carbonyl (C=O) groups is 2. The Bertz CT molecular complexity index is 758. The minimum atomic E-state index is -0.882. The van der Waals surface area contributed by atoms with E-state index >= 15 is 0 Å². The Labute approximate surface area is 146 Å². The SMILES string of the molecule is CSc1ccccc1C(=O)O[C@@H](C)C(=O)Nc1cc(C)ccc1C. The van der Waals surface area contributed by atoms with E-state index in [1.165, 1.54) is 11.8 Å². The van der Waals surface area contributed by atoms with Crippen LogP contribution in [-0.4, -0.2) is 24.2 Å². The van der Waals surface area contributed by atoms with Crippen molar-refractivity contribution in [3.05, 3.63) is 59.2 Å². The van der Waals surface area contributed by atoms with E-state index in [4.69, 9.17) is 4.74 Å². The maximum atomic E-state index is 12.3. The van der Waals surface area contributed by atoms with Crippen molar-refractivity contribution in [2.45, 2.75) is 31.8 Å². The van der Waals surface area contributed by atoms with Crippen molar-refractivity contribution in [1.29, 1.82) is 0 Å². The molecule has 0 aliphatic heterocycles. The van der Waals surface area contributed by atoms with Crippen LogP contribution in [0.2, 0.25) is 0 Å². The van der Waals surface area contributed by atoms with Gasteiger partial charge < -0.3 is 10.1 Å². The Kier molecular flexibility index (Phi) is 6.04. The number of amides is 1. The van der Waals surface area contributed by atoms with Gasteiger partial charge in [-0.25, -0.2) is 4.79 Å². The topological polar surface area (TPSA) is 55.4 Å². The van der Waals surface area contributed by atoms with Crippen molar-refractivity contribution >= 4 is 29.3 Å². The van der Waals surface area contributed by atoms with Gasteiger partial charge in [0.25, 0.3) is 5.91 Å². The first kappa shape index (κ1) is 18.1. The molecule has 0 radical (unpaired) electrons. The van der Waals surface area contributed by atoms with Crippen molar-refractivity contribution in [2.75, 3.05) is 11.6 Å². The van der Waals surface area contributed by atoms with E-state index in [0.717, 1.165) is 21.7 Å². The van der Waals surface area contributed by atoms with E-state index in [0.29, 0.717) is 5.56 Å². The van der Waals surface area contributed by atoms with Crippen molar-refractivity contribution in [3.63, 3.8) is 0 Å². The van der Waals surface area contributed by atoms with Crippen LogP contribution in [0.4, 0.5) is 5.69 Å². The lowest BCUT2D eigenvalue weighted by molar-refractivity contribution is -0.123. The lowest BCUT2D eigenvalue weighted by Gasteiger charge is -2.16. The van der Waals surface area contributed by atoms with Crippen LogP contribution in [0.15, 0.2) is 47.4 Å². The van der Waals surface area contributed by atoms with Crippen LogP contribution < -0.4 is 5.32 Å². The van der Waals surface area contributed by atoms with Crippen LogP contribution in [-0.2, 0) is 9.53 Å². The molecule has 1 amide bonds. The highest BCUT2D eigenvalue weighted by atomic mass is 32.2. The summed E-state index contributed by atoms with van der Waals surface area (Å²) in [6, 6.07) is 13.0. The molecule has 0 aromatic heterocycles. The Hall–Kier alpha value is -2.27. The summed E-state index contributed by atoms with van der Waals surface area (Å²) in [5.74, 6) is -0.845. The van der Waals surface area contributed by atoms with E-state index < -0.39 is 12.1 Å². The molecule has 2 aromatic carbocycles. The lowest BCUT2D eigenvalue weighted by atomic mass is 10.1. The van der Waals surface area contributed by atoms with E-state index in [9.17, 15) is 9.59 Å². The number of hydrogen-bond donors (Lipinski definition) is 1. The van der Waals surface area contributed by atoms with Gasteiger partial charge in [0.05, 0.1) is 5.56 Å². The first-order chi connectivity index (χ1) is 11.4. The summed E-state index contributed by atoms with van der Waals surface area (Å²) in [5.41, 5.74) is 3.21. The number of rotatable bonds is 5. The predicted octanol–water partition coefficient (Wildman–Crippen LogP) is 4.21. The molecule has 0 aliphatic rings. The number of esters is 1. The largest absolute Gasteiger partial charge is 0.449 e. The van der Waals surface area contributed by atoms with Gasteiger partial charge in [0, 0.05) is 10.6 Å². The molecule has 0 bridgehead atoms. The van der Waals surface area contributed by atoms with Crippen LogP contribution >= 0.6 is 11.8 Å². The molecule has 2 aromatic rings. The Balaban J connectivity index is 2.06. The summed E-state index contributed by atoms with van der Waals surface area (Å²) in [4.78, 5) is 25.4. The number of aryl methyl sites for hydroxylation is 2. The number of benzene rings is 2. The number of hydrogen-bond acceptors (Lipinski definition) is 4. The number of thioether (sulfide) groups is 1. The van der Waals surface area contributed by atoms with Gasteiger partial charge in [-0.2, -0.15) is 0 Å². The van der Waals surface area contributed by atoms with Gasteiger partial charge in [0.1, 0.15) is 0 Å². The standard InChI is InChI=1S/C19H21NO3S/c1-12-9-10-13(2)16(11-12)20-18(21)14(3)23-19(22)15-7-5-6-8-17(15)24-4/h5-11,14H,1-4H3,(H,20,21)/t14-/m0/s1. The van der Waals surface area contributed by atoms with Crippen LogP contribution in [0, 0.1) is 13.8 Å². The molecule has 0 fully saturated rings. The van der Waals surface area contributed by atoms with Crippen molar-refractivity contribution < 1.29 is 14.3 Å². The molecule has 5 heteroatoms. The monoisotopic (exact) mass is 343 g/mol. The second-order valence-electron chi connectivity index (χ2n) is 5.56. The third-order valence-corrected chi connectivity index (χ3v) is 4.43. The molecule has 0 spiro atoms. The van der Waals surface area contributed by atoms with Crippen molar-refractivity contribution in [1.82, 2.24) is 0 Å². The lowest BCUT2D eigenvalue weighted by Crippen LogP contribution is -2.30. The maximum Gasteiger partial charge on any atom is 0.340 e. The van der Waals surface area contributed by atoms with E-state index in [1.54, 1.807) is 19.1 Å². The molecule has 0 saturated heterocycles. The normalized spacial score (nSPS) is 11.7. The summed E-state index contributed by atoms with van der Waals surface area (Å²) in [7, 11) is 0. The number of carbonyl (C=O) groups excluding carboxylic acids is 2. The fourth-order valence-electron chi connectivity index (χ4n) is 2.20.